The smallest absolute Gasteiger partial charge is 0.416 e. The largest absolute Gasteiger partial charge is 0.492 e. The summed E-state index contributed by atoms with van der Waals surface area (Å²) in [6.45, 7) is 1.90. The van der Waals surface area contributed by atoms with Crippen molar-refractivity contribution < 1.29 is 22.6 Å². The maximum absolute atomic E-state index is 12.5. The van der Waals surface area contributed by atoms with E-state index in [4.69, 9.17) is 9.47 Å². The Morgan fingerprint density at radius 3 is 2.12 bits per heavy atom. The molecule has 1 N–H and O–H groups in total. The van der Waals surface area contributed by atoms with Gasteiger partial charge in [-0.2, -0.15) is 13.2 Å². The van der Waals surface area contributed by atoms with Crippen LogP contribution in [0.1, 0.15) is 24.0 Å². The van der Waals surface area contributed by atoms with E-state index in [-0.39, 0.29) is 6.61 Å². The molecule has 0 aliphatic carbocycles. The van der Waals surface area contributed by atoms with Gasteiger partial charge in [-0.1, -0.05) is 12.1 Å². The minimum atomic E-state index is -4.32. The topological polar surface area (TPSA) is 30.5 Å². The number of nitrogens with one attached hydrogen (secondary N) is 1. The van der Waals surface area contributed by atoms with E-state index in [1.165, 1.54) is 18.6 Å². The Bertz CT molecular complexity index is 663. The maximum Gasteiger partial charge on any atom is 0.416 e. The van der Waals surface area contributed by atoms with Gasteiger partial charge < -0.3 is 14.8 Å². The van der Waals surface area contributed by atoms with E-state index in [0.29, 0.717) is 24.0 Å². The summed E-state index contributed by atoms with van der Waals surface area (Å²) in [7, 11) is 0. The molecule has 1 fully saturated rings. The molecule has 1 aliphatic rings. The first kappa shape index (κ1) is 17.6. The van der Waals surface area contributed by atoms with Crippen LogP contribution in [0.15, 0.2) is 48.5 Å². The van der Waals surface area contributed by atoms with E-state index in [1.54, 1.807) is 12.1 Å². The molecule has 0 aromatic heterocycles. The molecule has 3 rings (SSSR count). The van der Waals surface area contributed by atoms with E-state index >= 15 is 0 Å². The molecule has 0 unspecified atom stereocenters. The summed E-state index contributed by atoms with van der Waals surface area (Å²) in [4.78, 5) is 0. The van der Waals surface area contributed by atoms with Gasteiger partial charge in [0.05, 0.1) is 5.56 Å². The van der Waals surface area contributed by atoms with Gasteiger partial charge in [-0.15, -0.1) is 0 Å². The fourth-order valence-corrected chi connectivity index (χ4v) is 2.68. The summed E-state index contributed by atoms with van der Waals surface area (Å²) >= 11 is 0. The molecule has 1 heterocycles. The average molecular weight is 351 g/mol. The quantitative estimate of drug-likeness (QED) is 0.836. The second-order valence-electron chi connectivity index (χ2n) is 6.06. The van der Waals surface area contributed by atoms with Crippen LogP contribution < -0.4 is 14.8 Å². The highest BCUT2D eigenvalue weighted by atomic mass is 19.4. The summed E-state index contributed by atoms with van der Waals surface area (Å²) in [5, 5.41) is 3.37. The monoisotopic (exact) mass is 351 g/mol. The molecule has 0 bridgehead atoms. The predicted octanol–water partition coefficient (Wildman–Crippen LogP) is 4.42. The van der Waals surface area contributed by atoms with Crippen LogP contribution in [0, 0.1) is 0 Å². The first-order chi connectivity index (χ1) is 12.0. The van der Waals surface area contributed by atoms with Crippen molar-refractivity contribution in [2.45, 2.75) is 31.7 Å². The van der Waals surface area contributed by atoms with Crippen LogP contribution in [-0.4, -0.2) is 19.2 Å². The first-order valence-corrected chi connectivity index (χ1v) is 8.26. The number of benzene rings is 2. The number of rotatable bonds is 6. The predicted molar refractivity (Wildman–Crippen MR) is 88.7 cm³/mol. The van der Waals surface area contributed by atoms with Gasteiger partial charge >= 0.3 is 6.18 Å². The zero-order chi connectivity index (χ0) is 17.7. The summed E-state index contributed by atoms with van der Waals surface area (Å²) in [5.41, 5.74) is 0.0233. The van der Waals surface area contributed by atoms with Crippen LogP contribution in [0.25, 0.3) is 0 Å². The Kier molecular flexibility index (Phi) is 5.48. The van der Waals surface area contributed by atoms with Gasteiger partial charge in [0.1, 0.15) is 24.7 Å². The van der Waals surface area contributed by atoms with Crippen molar-refractivity contribution in [3.05, 3.63) is 59.7 Å². The lowest BCUT2D eigenvalue weighted by atomic mass is 10.1. The molecule has 0 radical (unpaired) electrons. The molecule has 1 atom stereocenters. The van der Waals surface area contributed by atoms with Crippen molar-refractivity contribution in [3.63, 3.8) is 0 Å². The van der Waals surface area contributed by atoms with Gasteiger partial charge in [0.25, 0.3) is 0 Å². The van der Waals surface area contributed by atoms with E-state index < -0.39 is 11.7 Å². The van der Waals surface area contributed by atoms with Crippen LogP contribution in [0.2, 0.25) is 0 Å². The van der Waals surface area contributed by atoms with Crippen molar-refractivity contribution in [1.29, 1.82) is 0 Å². The third-order valence-electron chi connectivity index (χ3n) is 4.12. The molecule has 0 spiro atoms. The molecular formula is C19H20F3NO2. The summed E-state index contributed by atoms with van der Waals surface area (Å²) in [6.07, 6.45) is -2.00. The molecular weight excluding hydrogens is 331 g/mol. The lowest BCUT2D eigenvalue weighted by molar-refractivity contribution is -0.137. The highest BCUT2D eigenvalue weighted by molar-refractivity contribution is 5.32. The third-order valence-corrected chi connectivity index (χ3v) is 4.12. The van der Waals surface area contributed by atoms with Gasteiger partial charge in [-0.05, 0) is 61.3 Å². The number of ether oxygens (including phenoxy) is 2. The van der Waals surface area contributed by atoms with Crippen LogP contribution in [0.5, 0.6) is 11.5 Å². The summed E-state index contributed by atoms with van der Waals surface area (Å²) in [6, 6.07) is 12.6. The molecule has 25 heavy (non-hydrogen) atoms. The Morgan fingerprint density at radius 1 is 0.920 bits per heavy atom. The molecule has 3 nitrogen and oxygen atoms in total. The van der Waals surface area contributed by atoms with Crippen molar-refractivity contribution in [2.24, 2.45) is 0 Å². The molecule has 1 saturated heterocycles. The molecule has 0 amide bonds. The highest BCUT2D eigenvalue weighted by Crippen LogP contribution is 2.29. The van der Waals surface area contributed by atoms with Gasteiger partial charge in [0.15, 0.2) is 0 Å². The van der Waals surface area contributed by atoms with Gasteiger partial charge in [-0.3, -0.25) is 0 Å². The van der Waals surface area contributed by atoms with E-state index in [2.05, 4.69) is 5.32 Å². The first-order valence-electron chi connectivity index (χ1n) is 8.26. The Hall–Kier alpha value is -2.21. The lowest BCUT2D eigenvalue weighted by Crippen LogP contribution is -2.28. The summed E-state index contributed by atoms with van der Waals surface area (Å²) < 4.78 is 48.9. The molecule has 134 valence electrons. The Labute approximate surface area is 144 Å². The minimum Gasteiger partial charge on any atom is -0.492 e. The molecule has 1 aliphatic heterocycles. The molecule has 0 saturated carbocycles. The SMILES string of the molecule is FC(F)(F)c1ccc(COc2ccc(OC[C@H]3CCCN3)cc2)cc1. The van der Waals surface area contributed by atoms with Gasteiger partial charge in [0, 0.05) is 6.04 Å². The highest BCUT2D eigenvalue weighted by Gasteiger charge is 2.29. The molecule has 2 aromatic carbocycles. The van der Waals surface area contributed by atoms with Crippen molar-refractivity contribution in [1.82, 2.24) is 5.32 Å². The van der Waals surface area contributed by atoms with E-state index in [0.717, 1.165) is 30.8 Å². The van der Waals surface area contributed by atoms with Crippen molar-refractivity contribution >= 4 is 0 Å². The Morgan fingerprint density at radius 2 is 1.56 bits per heavy atom. The van der Waals surface area contributed by atoms with Gasteiger partial charge in [-0.25, -0.2) is 0 Å². The Balaban J connectivity index is 1.48. The minimum absolute atomic E-state index is 0.213. The normalized spacial score (nSPS) is 17.5. The zero-order valence-corrected chi connectivity index (χ0v) is 13.7. The lowest BCUT2D eigenvalue weighted by Gasteiger charge is -2.13. The second-order valence-corrected chi connectivity index (χ2v) is 6.06. The standard InChI is InChI=1S/C19H20F3NO2/c20-19(21,22)15-5-3-14(4-6-15)12-24-17-7-9-18(10-8-17)25-13-16-2-1-11-23-16/h3-10,16,23H,1-2,11-13H2/t16-/m1/s1. The van der Waals surface area contributed by atoms with E-state index in [1.807, 2.05) is 12.1 Å². The molecule has 2 aromatic rings. The van der Waals surface area contributed by atoms with Crippen LogP contribution in [-0.2, 0) is 12.8 Å². The van der Waals surface area contributed by atoms with Crippen molar-refractivity contribution in [3.8, 4) is 11.5 Å². The summed E-state index contributed by atoms with van der Waals surface area (Å²) in [5.74, 6) is 1.42. The zero-order valence-electron chi connectivity index (χ0n) is 13.7. The molecule has 6 heteroatoms. The van der Waals surface area contributed by atoms with Crippen LogP contribution in [0.4, 0.5) is 13.2 Å². The van der Waals surface area contributed by atoms with Crippen LogP contribution >= 0.6 is 0 Å². The number of hydrogen-bond donors (Lipinski definition) is 1. The third kappa shape index (κ3) is 5.13. The number of halogens is 3. The second kappa shape index (κ2) is 7.78. The van der Waals surface area contributed by atoms with E-state index in [9.17, 15) is 13.2 Å². The van der Waals surface area contributed by atoms with Gasteiger partial charge in [0.2, 0.25) is 0 Å². The number of hydrogen-bond acceptors (Lipinski definition) is 3. The maximum atomic E-state index is 12.5. The fraction of sp³-hybridized carbons (Fsp3) is 0.368. The number of alkyl halides is 3. The average Bonchev–Trinajstić information content (AvgIpc) is 3.12. The van der Waals surface area contributed by atoms with Crippen molar-refractivity contribution in [2.75, 3.05) is 13.2 Å². The van der Waals surface area contributed by atoms with Crippen LogP contribution in [0.3, 0.4) is 0 Å². The fourth-order valence-electron chi connectivity index (χ4n) is 2.68.